The van der Waals surface area contributed by atoms with E-state index >= 15 is 0 Å². The molecule has 19 heteroatoms. The van der Waals surface area contributed by atoms with Crippen molar-refractivity contribution in [1.29, 1.82) is 0 Å². The summed E-state index contributed by atoms with van der Waals surface area (Å²) in [7, 11) is -9.91. The van der Waals surface area contributed by atoms with E-state index in [9.17, 15) is 43.2 Å². The van der Waals surface area contributed by atoms with Crippen molar-refractivity contribution in [2.45, 2.75) is 414 Å². The number of esters is 4. The van der Waals surface area contributed by atoms with Crippen LogP contribution in [0.2, 0.25) is 0 Å². The van der Waals surface area contributed by atoms with E-state index in [1.807, 2.05) is 0 Å². The van der Waals surface area contributed by atoms with Gasteiger partial charge >= 0.3 is 39.5 Å². The van der Waals surface area contributed by atoms with Crippen molar-refractivity contribution in [3.05, 3.63) is 0 Å². The van der Waals surface area contributed by atoms with Crippen LogP contribution in [0, 0.1) is 23.7 Å². The quantitative estimate of drug-likeness (QED) is 0.0222. The first-order valence-electron chi connectivity index (χ1n) is 40.2. The van der Waals surface area contributed by atoms with Gasteiger partial charge in [-0.05, 0) is 49.4 Å². The molecule has 17 nitrogen and oxygen atoms in total. The Morgan fingerprint density at radius 1 is 0.289 bits per heavy atom. The van der Waals surface area contributed by atoms with E-state index in [1.165, 1.54) is 193 Å². The Balaban J connectivity index is 5.10. The summed E-state index contributed by atoms with van der Waals surface area (Å²) in [5, 5.41) is 10.6. The van der Waals surface area contributed by atoms with Crippen LogP contribution in [-0.2, 0) is 65.4 Å². The number of hydrogen-bond acceptors (Lipinski definition) is 15. The largest absolute Gasteiger partial charge is 0.472 e. The molecule has 0 aliphatic carbocycles. The van der Waals surface area contributed by atoms with Gasteiger partial charge in [0, 0.05) is 25.7 Å². The fraction of sp³-hybridized carbons (Fsp3) is 0.949. The minimum atomic E-state index is -4.96. The SMILES string of the molecule is CCC(C)CCCCCCCCCCCCCCCCCCCCC(=O)O[C@H](COC(=O)CCCCCCCCC(C)C)COP(=O)(O)OC[C@H](O)COP(=O)(O)OC[C@@H](COC(=O)CCCCCCCCCCCCCCCCC(C)C)OC(=O)CCCCCCCCC(C)C. The number of unbranched alkanes of at least 4 members (excludes halogenated alkanes) is 40. The normalized spacial score (nSPS) is 14.4. The average Bonchev–Trinajstić information content (AvgIpc) is 2.40. The van der Waals surface area contributed by atoms with Crippen LogP contribution in [0.15, 0.2) is 0 Å². The molecule has 0 spiro atoms. The highest BCUT2D eigenvalue weighted by Crippen LogP contribution is 2.45. The lowest BCUT2D eigenvalue weighted by Gasteiger charge is -2.21. The first-order chi connectivity index (χ1) is 46.6. The Morgan fingerprint density at radius 3 is 0.732 bits per heavy atom. The van der Waals surface area contributed by atoms with E-state index < -0.39 is 97.5 Å². The number of ether oxygens (including phenoxy) is 4. The number of carbonyl (C=O) groups is 4. The summed E-state index contributed by atoms with van der Waals surface area (Å²) < 4.78 is 68.4. The number of aliphatic hydroxyl groups excluding tert-OH is 1. The first kappa shape index (κ1) is 95.1. The summed E-state index contributed by atoms with van der Waals surface area (Å²) in [6.45, 7) is 14.1. The molecule has 3 N–H and O–H groups in total. The second kappa shape index (κ2) is 67.2. The smallest absolute Gasteiger partial charge is 0.462 e. The zero-order chi connectivity index (χ0) is 71.7. The van der Waals surface area contributed by atoms with Crippen molar-refractivity contribution < 1.29 is 80.2 Å². The maximum Gasteiger partial charge on any atom is 0.472 e. The van der Waals surface area contributed by atoms with Crippen LogP contribution in [0.4, 0.5) is 0 Å². The van der Waals surface area contributed by atoms with Crippen LogP contribution in [0.5, 0.6) is 0 Å². The van der Waals surface area contributed by atoms with Crippen molar-refractivity contribution in [3.63, 3.8) is 0 Å². The Morgan fingerprint density at radius 2 is 0.495 bits per heavy atom. The van der Waals surface area contributed by atoms with E-state index in [-0.39, 0.29) is 25.7 Å². The highest BCUT2D eigenvalue weighted by molar-refractivity contribution is 7.47. The molecule has 0 heterocycles. The summed E-state index contributed by atoms with van der Waals surface area (Å²) in [6.07, 6.45) is 53.2. The van der Waals surface area contributed by atoms with Crippen molar-refractivity contribution in [2.24, 2.45) is 23.7 Å². The highest BCUT2D eigenvalue weighted by atomic mass is 31.2. The number of carbonyl (C=O) groups excluding carboxylic acids is 4. The third kappa shape index (κ3) is 70.9. The second-order valence-electron chi connectivity index (χ2n) is 29.8. The van der Waals surface area contributed by atoms with Gasteiger partial charge in [-0.2, -0.15) is 0 Å². The molecule has 0 fully saturated rings. The Bertz CT molecular complexity index is 1900. The first-order valence-corrected chi connectivity index (χ1v) is 43.2. The standard InChI is InChI=1S/C78H152O17P2/c1-9-71(8)57-49-41-31-27-23-19-14-12-10-11-13-15-21-25-29-33-44-52-60-77(82)94-73(65-89-76(81)59-51-43-36-34-39-47-55-69(4)5)66-92-96(84,85)90-62-72(79)63-91-97(86,87)93-67-74(95-78(83)61-53-45-37-35-40-48-56-70(6)7)64-88-75(80)58-50-42-32-28-24-20-17-16-18-22-26-30-38-46-54-68(2)3/h68-74,79H,9-67H2,1-8H3,(H,84,85)(H,86,87)/t71?,72-,73+,74+/m0/s1. The van der Waals surface area contributed by atoms with E-state index in [0.29, 0.717) is 37.5 Å². The Kier molecular flexibility index (Phi) is 65.9. The predicted octanol–water partition coefficient (Wildman–Crippen LogP) is 22.8. The van der Waals surface area contributed by atoms with Crippen LogP contribution in [0.25, 0.3) is 0 Å². The maximum absolute atomic E-state index is 13.1. The topological polar surface area (TPSA) is 237 Å². The molecule has 6 atom stereocenters. The van der Waals surface area contributed by atoms with Gasteiger partial charge in [0.15, 0.2) is 12.2 Å². The molecule has 0 aromatic carbocycles. The third-order valence-corrected chi connectivity index (χ3v) is 20.3. The van der Waals surface area contributed by atoms with Gasteiger partial charge in [0.1, 0.15) is 19.3 Å². The lowest BCUT2D eigenvalue weighted by Crippen LogP contribution is -2.30. The molecule has 0 aromatic rings. The molecule has 0 aromatic heterocycles. The lowest BCUT2D eigenvalue weighted by molar-refractivity contribution is -0.161. The van der Waals surface area contributed by atoms with Gasteiger partial charge in [0.25, 0.3) is 0 Å². The molecule has 0 saturated heterocycles. The predicted molar refractivity (Wildman–Crippen MR) is 395 cm³/mol. The van der Waals surface area contributed by atoms with Crippen molar-refractivity contribution in [3.8, 4) is 0 Å². The molecule has 0 amide bonds. The number of aliphatic hydroxyl groups is 1. The molecule has 0 bridgehead atoms. The molecular weight excluding hydrogens is 1270 g/mol. The molecule has 0 radical (unpaired) electrons. The van der Waals surface area contributed by atoms with E-state index in [2.05, 4.69) is 55.4 Å². The minimum Gasteiger partial charge on any atom is -0.462 e. The second-order valence-corrected chi connectivity index (χ2v) is 32.7. The molecular formula is C78H152O17P2. The maximum atomic E-state index is 13.1. The third-order valence-electron chi connectivity index (χ3n) is 18.4. The Hall–Kier alpha value is -1.94. The zero-order valence-electron chi connectivity index (χ0n) is 63.7. The van der Waals surface area contributed by atoms with Gasteiger partial charge in [-0.15, -0.1) is 0 Å². The van der Waals surface area contributed by atoms with Gasteiger partial charge in [0.2, 0.25) is 0 Å². The van der Waals surface area contributed by atoms with Crippen LogP contribution >= 0.6 is 15.6 Å². The summed E-state index contributed by atoms with van der Waals surface area (Å²) >= 11 is 0. The Labute approximate surface area is 594 Å². The van der Waals surface area contributed by atoms with Crippen molar-refractivity contribution in [2.75, 3.05) is 39.6 Å². The fourth-order valence-corrected chi connectivity index (χ4v) is 13.5. The summed E-state index contributed by atoms with van der Waals surface area (Å²) in [5.74, 6) is 0.893. The fourth-order valence-electron chi connectivity index (χ4n) is 11.9. The number of hydrogen-bond donors (Lipinski definition) is 3. The molecule has 0 saturated carbocycles. The van der Waals surface area contributed by atoms with Crippen LogP contribution in [0.3, 0.4) is 0 Å². The molecule has 0 aliphatic rings. The zero-order valence-corrected chi connectivity index (χ0v) is 65.5. The van der Waals surface area contributed by atoms with Gasteiger partial charge in [-0.3, -0.25) is 37.3 Å². The van der Waals surface area contributed by atoms with E-state index in [0.717, 1.165) is 108 Å². The van der Waals surface area contributed by atoms with Gasteiger partial charge in [-0.1, -0.05) is 344 Å². The summed E-state index contributed by atoms with van der Waals surface area (Å²) in [6, 6.07) is 0. The van der Waals surface area contributed by atoms with Crippen LogP contribution in [0.1, 0.15) is 396 Å². The van der Waals surface area contributed by atoms with E-state index in [4.69, 9.17) is 37.0 Å². The lowest BCUT2D eigenvalue weighted by atomic mass is 9.99. The number of rotatable bonds is 75. The molecule has 3 unspecified atom stereocenters. The van der Waals surface area contributed by atoms with Crippen molar-refractivity contribution in [1.82, 2.24) is 0 Å². The minimum absolute atomic E-state index is 0.102. The summed E-state index contributed by atoms with van der Waals surface area (Å²) in [4.78, 5) is 72.7. The van der Waals surface area contributed by atoms with Crippen LogP contribution in [-0.4, -0.2) is 96.7 Å². The molecule has 97 heavy (non-hydrogen) atoms. The van der Waals surface area contributed by atoms with Crippen LogP contribution < -0.4 is 0 Å². The van der Waals surface area contributed by atoms with Gasteiger partial charge in [0.05, 0.1) is 26.4 Å². The van der Waals surface area contributed by atoms with E-state index in [1.54, 1.807) is 0 Å². The monoisotopic (exact) mass is 1420 g/mol. The highest BCUT2D eigenvalue weighted by Gasteiger charge is 2.30. The molecule has 0 rings (SSSR count). The molecule has 0 aliphatic heterocycles. The van der Waals surface area contributed by atoms with Gasteiger partial charge < -0.3 is 33.8 Å². The molecule has 576 valence electrons. The number of phosphoric acid groups is 2. The van der Waals surface area contributed by atoms with Crippen molar-refractivity contribution >= 4 is 39.5 Å². The average molecular weight is 1420 g/mol. The number of phosphoric ester groups is 2. The van der Waals surface area contributed by atoms with Gasteiger partial charge in [-0.25, -0.2) is 9.13 Å². The summed E-state index contributed by atoms with van der Waals surface area (Å²) in [5.41, 5.74) is 0.